The SMILES string of the molecule is CC(C)(C)NC(=O)CN1CCN(c2cccc(C(F)(F)F)c2)CC1. The topological polar surface area (TPSA) is 35.6 Å². The molecule has 0 saturated carbocycles. The Morgan fingerprint density at radius 1 is 1.12 bits per heavy atom. The first-order valence-corrected chi connectivity index (χ1v) is 8.00. The van der Waals surface area contributed by atoms with E-state index in [-0.39, 0.29) is 11.4 Å². The van der Waals surface area contributed by atoms with E-state index in [4.69, 9.17) is 0 Å². The van der Waals surface area contributed by atoms with Crippen LogP contribution in [-0.4, -0.2) is 49.1 Å². The van der Waals surface area contributed by atoms with Crippen LogP contribution in [0.4, 0.5) is 18.9 Å². The Kier molecular flexibility index (Phi) is 5.42. The van der Waals surface area contributed by atoms with Crippen molar-refractivity contribution in [3.63, 3.8) is 0 Å². The van der Waals surface area contributed by atoms with Crippen LogP contribution in [0.3, 0.4) is 0 Å². The zero-order chi connectivity index (χ0) is 18.0. The molecule has 2 rings (SSSR count). The minimum Gasteiger partial charge on any atom is -0.369 e. The van der Waals surface area contributed by atoms with Crippen LogP contribution in [-0.2, 0) is 11.0 Å². The van der Waals surface area contributed by atoms with Gasteiger partial charge in [0.2, 0.25) is 5.91 Å². The molecule has 0 radical (unpaired) electrons. The van der Waals surface area contributed by atoms with Gasteiger partial charge in [0.1, 0.15) is 0 Å². The predicted molar refractivity (Wildman–Crippen MR) is 88.0 cm³/mol. The Labute approximate surface area is 140 Å². The van der Waals surface area contributed by atoms with E-state index >= 15 is 0 Å². The number of piperazine rings is 1. The van der Waals surface area contributed by atoms with Crippen LogP contribution in [0.1, 0.15) is 26.3 Å². The summed E-state index contributed by atoms with van der Waals surface area (Å²) in [6, 6.07) is 5.39. The number of carbonyl (C=O) groups excluding carboxylic acids is 1. The maximum absolute atomic E-state index is 12.8. The lowest BCUT2D eigenvalue weighted by Gasteiger charge is -2.36. The van der Waals surface area contributed by atoms with Gasteiger partial charge in [-0.05, 0) is 39.0 Å². The number of benzene rings is 1. The molecule has 134 valence electrons. The van der Waals surface area contributed by atoms with Crippen molar-refractivity contribution in [3.05, 3.63) is 29.8 Å². The van der Waals surface area contributed by atoms with E-state index in [9.17, 15) is 18.0 Å². The fraction of sp³-hybridized carbons (Fsp3) is 0.588. The lowest BCUT2D eigenvalue weighted by atomic mass is 10.1. The number of nitrogens with one attached hydrogen (secondary N) is 1. The van der Waals surface area contributed by atoms with Gasteiger partial charge in [0.05, 0.1) is 12.1 Å². The number of hydrogen-bond acceptors (Lipinski definition) is 3. The molecule has 1 saturated heterocycles. The highest BCUT2D eigenvalue weighted by molar-refractivity contribution is 5.78. The van der Waals surface area contributed by atoms with E-state index in [2.05, 4.69) is 5.32 Å². The second-order valence-electron chi connectivity index (χ2n) is 7.11. The number of hydrogen-bond donors (Lipinski definition) is 1. The average Bonchev–Trinajstić information content (AvgIpc) is 2.45. The molecule has 0 bridgehead atoms. The highest BCUT2D eigenvalue weighted by Crippen LogP contribution is 2.31. The van der Waals surface area contributed by atoms with Gasteiger partial charge < -0.3 is 10.2 Å². The second kappa shape index (κ2) is 7.01. The van der Waals surface area contributed by atoms with E-state index in [0.717, 1.165) is 6.07 Å². The number of anilines is 1. The number of carbonyl (C=O) groups is 1. The predicted octanol–water partition coefficient (Wildman–Crippen LogP) is 2.74. The van der Waals surface area contributed by atoms with Crippen LogP contribution in [0.15, 0.2) is 24.3 Å². The lowest BCUT2D eigenvalue weighted by Crippen LogP contribution is -2.51. The summed E-state index contributed by atoms with van der Waals surface area (Å²) in [5.41, 5.74) is -0.327. The summed E-state index contributed by atoms with van der Waals surface area (Å²) >= 11 is 0. The van der Waals surface area contributed by atoms with Gasteiger partial charge in [-0.3, -0.25) is 9.69 Å². The van der Waals surface area contributed by atoms with Gasteiger partial charge in [-0.1, -0.05) is 6.07 Å². The molecule has 4 nitrogen and oxygen atoms in total. The maximum Gasteiger partial charge on any atom is 0.416 e. The van der Waals surface area contributed by atoms with Gasteiger partial charge in [-0.2, -0.15) is 13.2 Å². The van der Waals surface area contributed by atoms with Crippen molar-refractivity contribution in [1.82, 2.24) is 10.2 Å². The first-order chi connectivity index (χ1) is 11.0. The van der Waals surface area contributed by atoms with Gasteiger partial charge in [0.25, 0.3) is 0 Å². The van der Waals surface area contributed by atoms with Gasteiger partial charge in [-0.25, -0.2) is 0 Å². The van der Waals surface area contributed by atoms with Crippen molar-refractivity contribution < 1.29 is 18.0 Å². The Morgan fingerprint density at radius 3 is 2.29 bits per heavy atom. The first kappa shape index (κ1) is 18.6. The summed E-state index contributed by atoms with van der Waals surface area (Å²) in [6.45, 7) is 8.59. The second-order valence-corrected chi connectivity index (χ2v) is 7.11. The highest BCUT2D eigenvalue weighted by Gasteiger charge is 2.31. The molecule has 1 fully saturated rings. The van der Waals surface area contributed by atoms with Crippen LogP contribution >= 0.6 is 0 Å². The largest absolute Gasteiger partial charge is 0.416 e. The van der Waals surface area contributed by atoms with Crippen LogP contribution in [0.5, 0.6) is 0 Å². The fourth-order valence-corrected chi connectivity index (χ4v) is 2.70. The molecule has 1 amide bonds. The standard InChI is InChI=1S/C17H24F3N3O/c1-16(2,3)21-15(24)12-22-7-9-23(10-8-22)14-6-4-5-13(11-14)17(18,19)20/h4-6,11H,7-10,12H2,1-3H3,(H,21,24). The summed E-state index contributed by atoms with van der Waals surface area (Å²) in [7, 11) is 0. The maximum atomic E-state index is 12.8. The normalized spacial score (nSPS) is 17.0. The summed E-state index contributed by atoms with van der Waals surface area (Å²) in [5.74, 6) is -0.0324. The van der Waals surface area contributed by atoms with Crippen LogP contribution in [0.2, 0.25) is 0 Å². The third kappa shape index (κ3) is 5.40. The molecule has 24 heavy (non-hydrogen) atoms. The number of nitrogens with zero attached hydrogens (tertiary/aromatic N) is 2. The molecule has 1 heterocycles. The Balaban J connectivity index is 1.90. The highest BCUT2D eigenvalue weighted by atomic mass is 19.4. The van der Waals surface area contributed by atoms with Gasteiger partial charge in [-0.15, -0.1) is 0 Å². The molecule has 7 heteroatoms. The average molecular weight is 343 g/mol. The molecular weight excluding hydrogens is 319 g/mol. The third-order valence-electron chi connectivity index (χ3n) is 3.79. The van der Waals surface area contributed by atoms with Crippen LogP contribution in [0, 0.1) is 0 Å². The number of rotatable bonds is 3. The number of alkyl halides is 3. The molecule has 0 unspecified atom stereocenters. The van der Waals surface area contributed by atoms with Gasteiger partial charge in [0.15, 0.2) is 0 Å². The summed E-state index contributed by atoms with van der Waals surface area (Å²) in [4.78, 5) is 15.9. The lowest BCUT2D eigenvalue weighted by molar-refractivity contribution is -0.137. The Bertz CT molecular complexity index is 573. The molecule has 0 aromatic heterocycles. The van der Waals surface area contributed by atoms with Gasteiger partial charge in [0, 0.05) is 37.4 Å². The van der Waals surface area contributed by atoms with Crippen molar-refractivity contribution in [3.8, 4) is 0 Å². The Hall–Kier alpha value is -1.76. The van der Waals surface area contributed by atoms with E-state index < -0.39 is 11.7 Å². The van der Waals surface area contributed by atoms with E-state index in [1.807, 2.05) is 30.6 Å². The number of amides is 1. The molecule has 0 atom stereocenters. The molecule has 1 aliphatic rings. The molecule has 1 aliphatic heterocycles. The molecule has 1 N–H and O–H groups in total. The zero-order valence-electron chi connectivity index (χ0n) is 14.3. The Morgan fingerprint density at radius 2 is 1.75 bits per heavy atom. The van der Waals surface area contributed by atoms with Crippen molar-refractivity contribution in [2.24, 2.45) is 0 Å². The number of halogens is 3. The summed E-state index contributed by atoms with van der Waals surface area (Å²) in [6.07, 6.45) is -4.33. The fourth-order valence-electron chi connectivity index (χ4n) is 2.70. The molecule has 0 aliphatic carbocycles. The molecule has 1 aromatic carbocycles. The minimum atomic E-state index is -4.33. The molecule has 1 aromatic rings. The van der Waals surface area contributed by atoms with E-state index in [1.165, 1.54) is 12.1 Å². The quantitative estimate of drug-likeness (QED) is 0.917. The van der Waals surface area contributed by atoms with E-state index in [1.54, 1.807) is 6.07 Å². The third-order valence-corrected chi connectivity index (χ3v) is 3.79. The molecular formula is C17H24F3N3O. The van der Waals surface area contributed by atoms with Crippen molar-refractivity contribution >= 4 is 11.6 Å². The molecule has 0 spiro atoms. The van der Waals surface area contributed by atoms with E-state index in [0.29, 0.717) is 38.4 Å². The first-order valence-electron chi connectivity index (χ1n) is 8.00. The minimum absolute atomic E-state index is 0.0324. The van der Waals surface area contributed by atoms with Crippen molar-refractivity contribution in [2.45, 2.75) is 32.5 Å². The van der Waals surface area contributed by atoms with Crippen molar-refractivity contribution in [1.29, 1.82) is 0 Å². The van der Waals surface area contributed by atoms with Crippen LogP contribution < -0.4 is 10.2 Å². The summed E-state index contributed by atoms with van der Waals surface area (Å²) in [5, 5.41) is 2.91. The monoisotopic (exact) mass is 343 g/mol. The summed E-state index contributed by atoms with van der Waals surface area (Å²) < 4.78 is 38.4. The smallest absolute Gasteiger partial charge is 0.369 e. The zero-order valence-corrected chi connectivity index (χ0v) is 14.3. The van der Waals surface area contributed by atoms with Crippen molar-refractivity contribution in [2.75, 3.05) is 37.6 Å². The van der Waals surface area contributed by atoms with Crippen LogP contribution in [0.25, 0.3) is 0 Å². The van der Waals surface area contributed by atoms with Gasteiger partial charge >= 0.3 is 6.18 Å².